The van der Waals surface area contributed by atoms with Crippen LogP contribution in [-0.2, 0) is 10.2 Å². The SMILES string of the molecule is C.CC=O.CCCCCCCSC1C=C[C@](C)(c2cc(N3CCCC(N)CC3)ccc2N(C)SC)CC1. The van der Waals surface area contributed by atoms with Gasteiger partial charge in [-0.05, 0) is 75.0 Å². The van der Waals surface area contributed by atoms with Gasteiger partial charge in [0.1, 0.15) is 6.29 Å². The molecule has 1 heterocycles. The number of unbranched alkanes of at least 4 members (excludes halogenated alkanes) is 4. The normalized spacial score (nSPS) is 23.4. The number of hydrogen-bond donors (Lipinski definition) is 1. The summed E-state index contributed by atoms with van der Waals surface area (Å²) >= 11 is 3.97. The van der Waals surface area contributed by atoms with Crippen molar-refractivity contribution in [1.82, 2.24) is 0 Å². The molecule has 3 atom stereocenters. The van der Waals surface area contributed by atoms with Crippen LogP contribution in [0, 0.1) is 0 Å². The maximum atomic E-state index is 8.81. The molecule has 2 N–H and O–H groups in total. The fraction of sp³-hybridized carbons (Fsp3) is 0.710. The van der Waals surface area contributed by atoms with Crippen LogP contribution < -0.4 is 14.9 Å². The fourth-order valence-corrected chi connectivity index (χ4v) is 6.68. The summed E-state index contributed by atoms with van der Waals surface area (Å²) in [5.41, 5.74) is 10.5. The van der Waals surface area contributed by atoms with Gasteiger partial charge in [0.05, 0.1) is 5.69 Å². The van der Waals surface area contributed by atoms with Crippen molar-refractivity contribution < 1.29 is 4.79 Å². The van der Waals surface area contributed by atoms with E-state index in [1.807, 2.05) is 0 Å². The minimum absolute atomic E-state index is 0. The van der Waals surface area contributed by atoms with Crippen molar-refractivity contribution >= 4 is 41.4 Å². The number of allylic oxidation sites excluding steroid dienone is 1. The molecule has 0 radical (unpaired) electrons. The molecule has 2 unspecified atom stereocenters. The Morgan fingerprint density at radius 2 is 1.89 bits per heavy atom. The van der Waals surface area contributed by atoms with Crippen molar-refractivity contribution in [2.24, 2.45) is 5.73 Å². The topological polar surface area (TPSA) is 49.6 Å². The number of anilines is 2. The van der Waals surface area contributed by atoms with Gasteiger partial charge in [-0.15, -0.1) is 0 Å². The van der Waals surface area contributed by atoms with Gasteiger partial charge in [0, 0.05) is 48.8 Å². The molecule has 1 aliphatic carbocycles. The molecule has 1 aliphatic heterocycles. The molecule has 2 aliphatic rings. The lowest BCUT2D eigenvalue weighted by molar-refractivity contribution is -0.106. The average Bonchev–Trinajstić information content (AvgIpc) is 3.11. The number of aldehydes is 1. The first kappa shape index (κ1) is 33.9. The Morgan fingerprint density at radius 1 is 1.16 bits per heavy atom. The molecule has 1 aromatic rings. The summed E-state index contributed by atoms with van der Waals surface area (Å²) < 4.78 is 2.33. The Bertz CT molecular complexity index is 803. The first-order valence-corrected chi connectivity index (χ1v) is 16.2. The highest BCUT2D eigenvalue weighted by Gasteiger charge is 2.32. The van der Waals surface area contributed by atoms with Crippen LogP contribution in [0.3, 0.4) is 0 Å². The summed E-state index contributed by atoms with van der Waals surface area (Å²) in [7, 11) is 2.20. The number of benzene rings is 1. The van der Waals surface area contributed by atoms with Crippen molar-refractivity contribution in [2.75, 3.05) is 41.4 Å². The van der Waals surface area contributed by atoms with E-state index in [0.29, 0.717) is 11.3 Å². The Hall–Kier alpha value is -1.11. The molecule has 212 valence electrons. The van der Waals surface area contributed by atoms with Crippen molar-refractivity contribution in [3.05, 3.63) is 35.9 Å². The van der Waals surface area contributed by atoms with E-state index in [9.17, 15) is 0 Å². The lowest BCUT2D eigenvalue weighted by Gasteiger charge is -2.37. The molecule has 37 heavy (non-hydrogen) atoms. The number of nitrogens with two attached hydrogens (primary N) is 1. The molecule has 3 rings (SSSR count). The number of thioether (sulfide) groups is 1. The summed E-state index contributed by atoms with van der Waals surface area (Å²) in [6, 6.07) is 7.53. The van der Waals surface area contributed by atoms with Crippen LogP contribution in [0.25, 0.3) is 0 Å². The maximum absolute atomic E-state index is 8.81. The van der Waals surface area contributed by atoms with Crippen LogP contribution in [0.5, 0.6) is 0 Å². The Balaban J connectivity index is 0.00000163. The third-order valence-corrected chi connectivity index (χ3v) is 9.64. The van der Waals surface area contributed by atoms with Gasteiger partial charge in [0.2, 0.25) is 0 Å². The molecule has 1 fully saturated rings. The summed E-state index contributed by atoms with van der Waals surface area (Å²) in [6.45, 7) is 8.38. The van der Waals surface area contributed by atoms with E-state index in [1.54, 1.807) is 11.9 Å². The molecular formula is C31H55N3OS2. The van der Waals surface area contributed by atoms with Crippen LogP contribution in [0.1, 0.15) is 98.0 Å². The minimum atomic E-state index is 0. The Morgan fingerprint density at radius 3 is 2.54 bits per heavy atom. The van der Waals surface area contributed by atoms with Gasteiger partial charge < -0.3 is 19.7 Å². The van der Waals surface area contributed by atoms with Gasteiger partial charge in [0.15, 0.2) is 0 Å². The number of carbonyl (C=O) groups is 1. The van der Waals surface area contributed by atoms with Crippen LogP contribution in [0.2, 0.25) is 0 Å². The first-order chi connectivity index (χ1) is 17.4. The highest BCUT2D eigenvalue weighted by Crippen LogP contribution is 2.44. The van der Waals surface area contributed by atoms with Crippen molar-refractivity contribution in [1.29, 1.82) is 0 Å². The second-order valence-corrected chi connectivity index (χ2v) is 12.7. The third-order valence-electron chi connectivity index (χ3n) is 7.55. The zero-order chi connectivity index (χ0) is 26.4. The predicted molar refractivity (Wildman–Crippen MR) is 172 cm³/mol. The van der Waals surface area contributed by atoms with E-state index in [1.165, 1.54) is 81.0 Å². The zero-order valence-electron chi connectivity index (χ0n) is 23.5. The highest BCUT2D eigenvalue weighted by molar-refractivity contribution is 8.00. The Labute approximate surface area is 237 Å². The van der Waals surface area contributed by atoms with Crippen LogP contribution in [-0.4, -0.2) is 49.7 Å². The molecule has 6 heteroatoms. The van der Waals surface area contributed by atoms with E-state index >= 15 is 0 Å². The van der Waals surface area contributed by atoms with Crippen LogP contribution in [0.4, 0.5) is 11.4 Å². The number of rotatable bonds is 11. The molecule has 0 spiro atoms. The Kier molecular flexibility index (Phi) is 16.7. The highest BCUT2D eigenvalue weighted by atomic mass is 32.2. The van der Waals surface area contributed by atoms with E-state index in [0.717, 1.165) is 32.2 Å². The van der Waals surface area contributed by atoms with Crippen molar-refractivity contribution in [2.45, 2.75) is 109 Å². The van der Waals surface area contributed by atoms with E-state index in [2.05, 4.69) is 78.5 Å². The largest absolute Gasteiger partial charge is 0.371 e. The van der Waals surface area contributed by atoms with Gasteiger partial charge in [0.25, 0.3) is 0 Å². The average molecular weight is 550 g/mol. The molecule has 0 saturated carbocycles. The minimum Gasteiger partial charge on any atom is -0.371 e. The van der Waals surface area contributed by atoms with Gasteiger partial charge in [-0.1, -0.05) is 71.1 Å². The second-order valence-electron chi connectivity index (χ2n) is 10.4. The van der Waals surface area contributed by atoms with Gasteiger partial charge in [-0.25, -0.2) is 0 Å². The molecular weight excluding hydrogens is 494 g/mol. The summed E-state index contributed by atoms with van der Waals surface area (Å²) in [6.07, 6.45) is 20.8. The zero-order valence-corrected chi connectivity index (χ0v) is 25.1. The first-order valence-electron chi connectivity index (χ1n) is 14.0. The lowest BCUT2D eigenvalue weighted by atomic mass is 9.74. The molecule has 0 amide bonds. The lowest BCUT2D eigenvalue weighted by Crippen LogP contribution is -2.29. The number of nitrogens with zero attached hydrogens (tertiary/aromatic N) is 2. The smallest absolute Gasteiger partial charge is 0.116 e. The van der Waals surface area contributed by atoms with Crippen molar-refractivity contribution in [3.8, 4) is 0 Å². The maximum Gasteiger partial charge on any atom is 0.116 e. The van der Waals surface area contributed by atoms with Crippen LogP contribution in [0.15, 0.2) is 30.4 Å². The second kappa shape index (κ2) is 18.2. The number of carbonyl (C=O) groups excluding carboxylic acids is 1. The fourth-order valence-electron chi connectivity index (χ4n) is 5.18. The summed E-state index contributed by atoms with van der Waals surface area (Å²) in [5.74, 6) is 1.31. The summed E-state index contributed by atoms with van der Waals surface area (Å²) in [5, 5.41) is 0.682. The molecule has 0 bridgehead atoms. The summed E-state index contributed by atoms with van der Waals surface area (Å²) in [4.78, 5) is 11.4. The molecule has 0 aromatic heterocycles. The predicted octanol–water partition coefficient (Wildman–Crippen LogP) is 8.24. The van der Waals surface area contributed by atoms with Crippen LogP contribution >= 0.6 is 23.7 Å². The van der Waals surface area contributed by atoms with E-state index < -0.39 is 0 Å². The van der Waals surface area contributed by atoms with Gasteiger partial charge in [-0.3, -0.25) is 0 Å². The van der Waals surface area contributed by atoms with Gasteiger partial charge >= 0.3 is 0 Å². The molecule has 1 aromatic carbocycles. The molecule has 1 saturated heterocycles. The standard InChI is InChI=1S/C28H47N3S2.C2H4O.CH4/c1-5-6-7-8-9-21-33-25-14-17-28(2,18-15-25)26-22-24(12-13-27(26)30(3)32-4)31-19-10-11-23(29)16-20-31;1-2-3;/h12-14,17,22-23,25H,5-11,15-16,18-21,29H2,1-4H3;2H,1H3;1H4/t23?,25?,28-;;/m0../s1. The quantitative estimate of drug-likeness (QED) is 0.130. The monoisotopic (exact) mass is 549 g/mol. The van der Waals surface area contributed by atoms with E-state index in [4.69, 9.17) is 10.5 Å². The van der Waals surface area contributed by atoms with E-state index in [-0.39, 0.29) is 12.8 Å². The van der Waals surface area contributed by atoms with Crippen molar-refractivity contribution in [3.63, 3.8) is 0 Å². The molecule has 4 nitrogen and oxygen atoms in total. The van der Waals surface area contributed by atoms with Gasteiger partial charge in [-0.2, -0.15) is 11.8 Å². The third kappa shape index (κ3) is 10.9. The number of hydrogen-bond acceptors (Lipinski definition) is 6.